The topological polar surface area (TPSA) is 26.0 Å². The molecule has 0 saturated heterocycles. The minimum absolute atomic E-state index is 0.175. The van der Waals surface area contributed by atoms with Crippen molar-refractivity contribution in [2.45, 2.75) is 51.0 Å². The van der Waals surface area contributed by atoms with Crippen molar-refractivity contribution in [3.8, 4) is 0 Å². The maximum Gasteiger partial charge on any atom is 0.142 e. The highest BCUT2D eigenvalue weighted by molar-refractivity contribution is 9.10. The average molecular weight is 314 g/mol. The van der Waals surface area contributed by atoms with E-state index in [9.17, 15) is 4.39 Å². The SMILES string of the molecule is NC(CC1CCCCCC1)c1cccc(Br)c1F. The lowest BCUT2D eigenvalue weighted by Crippen LogP contribution is -2.17. The highest BCUT2D eigenvalue weighted by atomic mass is 79.9. The Hall–Kier alpha value is -0.410. The molecule has 1 unspecified atom stereocenters. The molecular formula is C15H21BrFN. The van der Waals surface area contributed by atoms with Crippen LogP contribution in [0.2, 0.25) is 0 Å². The molecule has 0 radical (unpaired) electrons. The van der Waals surface area contributed by atoms with Gasteiger partial charge in [0.2, 0.25) is 0 Å². The summed E-state index contributed by atoms with van der Waals surface area (Å²) in [7, 11) is 0. The van der Waals surface area contributed by atoms with Crippen LogP contribution < -0.4 is 5.73 Å². The fourth-order valence-electron chi connectivity index (χ4n) is 2.89. The Morgan fingerprint density at radius 2 is 1.89 bits per heavy atom. The summed E-state index contributed by atoms with van der Waals surface area (Å²) in [5.41, 5.74) is 6.83. The van der Waals surface area contributed by atoms with Gasteiger partial charge in [-0.3, -0.25) is 0 Å². The van der Waals surface area contributed by atoms with Crippen molar-refractivity contribution in [3.05, 3.63) is 34.1 Å². The number of hydrogen-bond donors (Lipinski definition) is 1. The molecule has 1 aliphatic rings. The standard InChI is InChI=1S/C15H21BrFN/c16-13-9-5-8-12(15(13)17)14(18)10-11-6-3-1-2-4-7-11/h5,8-9,11,14H,1-4,6-7,10,18H2. The van der Waals surface area contributed by atoms with Gasteiger partial charge in [-0.25, -0.2) is 4.39 Å². The Bertz CT molecular complexity index is 386. The molecule has 0 spiro atoms. The summed E-state index contributed by atoms with van der Waals surface area (Å²) in [5.74, 6) is 0.472. The molecule has 1 fully saturated rings. The number of nitrogens with two attached hydrogens (primary N) is 1. The van der Waals surface area contributed by atoms with Crippen LogP contribution in [0.15, 0.2) is 22.7 Å². The van der Waals surface area contributed by atoms with Gasteiger partial charge in [-0.05, 0) is 34.3 Å². The monoisotopic (exact) mass is 313 g/mol. The predicted molar refractivity (Wildman–Crippen MR) is 76.8 cm³/mol. The molecule has 1 saturated carbocycles. The van der Waals surface area contributed by atoms with Crippen LogP contribution in [0.1, 0.15) is 56.6 Å². The molecular weight excluding hydrogens is 293 g/mol. The first-order valence-electron chi connectivity index (χ1n) is 6.88. The maximum atomic E-state index is 14.0. The Labute approximate surface area is 117 Å². The first-order chi connectivity index (χ1) is 8.68. The van der Waals surface area contributed by atoms with Gasteiger partial charge in [0.1, 0.15) is 5.82 Å². The molecule has 0 aliphatic heterocycles. The van der Waals surface area contributed by atoms with Crippen molar-refractivity contribution in [2.24, 2.45) is 11.7 Å². The van der Waals surface area contributed by atoms with E-state index in [-0.39, 0.29) is 11.9 Å². The lowest BCUT2D eigenvalue weighted by molar-refractivity contribution is 0.387. The van der Waals surface area contributed by atoms with Crippen LogP contribution in [0.5, 0.6) is 0 Å². The van der Waals surface area contributed by atoms with Gasteiger partial charge in [-0.15, -0.1) is 0 Å². The van der Waals surface area contributed by atoms with Crippen LogP contribution >= 0.6 is 15.9 Å². The van der Waals surface area contributed by atoms with Crippen molar-refractivity contribution in [1.29, 1.82) is 0 Å². The summed E-state index contributed by atoms with van der Waals surface area (Å²) in [5, 5.41) is 0. The molecule has 18 heavy (non-hydrogen) atoms. The third kappa shape index (κ3) is 3.55. The van der Waals surface area contributed by atoms with Gasteiger partial charge in [0.25, 0.3) is 0 Å². The molecule has 1 aromatic carbocycles. The summed E-state index contributed by atoms with van der Waals surface area (Å²) in [6.07, 6.45) is 8.71. The van der Waals surface area contributed by atoms with Gasteiger partial charge in [0, 0.05) is 11.6 Å². The normalized spacial score (nSPS) is 19.5. The second-order valence-corrected chi connectivity index (χ2v) is 6.20. The molecule has 0 heterocycles. The van der Waals surface area contributed by atoms with Crippen molar-refractivity contribution in [3.63, 3.8) is 0 Å². The molecule has 1 atom stereocenters. The minimum Gasteiger partial charge on any atom is -0.324 e. The van der Waals surface area contributed by atoms with Crippen molar-refractivity contribution in [2.75, 3.05) is 0 Å². The van der Waals surface area contributed by atoms with Crippen LogP contribution in [-0.4, -0.2) is 0 Å². The van der Waals surface area contributed by atoms with E-state index in [2.05, 4.69) is 15.9 Å². The molecule has 100 valence electrons. The van der Waals surface area contributed by atoms with Gasteiger partial charge < -0.3 is 5.73 Å². The summed E-state index contributed by atoms with van der Waals surface area (Å²) >= 11 is 3.22. The zero-order chi connectivity index (χ0) is 13.0. The summed E-state index contributed by atoms with van der Waals surface area (Å²) < 4.78 is 14.5. The number of halogens is 2. The summed E-state index contributed by atoms with van der Waals surface area (Å²) in [6, 6.07) is 5.21. The second kappa shape index (κ2) is 6.67. The van der Waals surface area contributed by atoms with E-state index in [1.165, 1.54) is 38.5 Å². The van der Waals surface area contributed by atoms with Crippen LogP contribution in [0.3, 0.4) is 0 Å². The first kappa shape index (κ1) is 14.0. The van der Waals surface area contributed by atoms with E-state index in [0.717, 1.165) is 6.42 Å². The lowest BCUT2D eigenvalue weighted by Gasteiger charge is -2.20. The third-order valence-corrected chi connectivity index (χ3v) is 4.56. The van der Waals surface area contributed by atoms with Crippen LogP contribution in [-0.2, 0) is 0 Å². The van der Waals surface area contributed by atoms with Crippen molar-refractivity contribution in [1.82, 2.24) is 0 Å². The number of benzene rings is 1. The molecule has 0 bridgehead atoms. The Kier molecular flexibility index (Phi) is 5.19. The van der Waals surface area contributed by atoms with Crippen LogP contribution in [0.25, 0.3) is 0 Å². The van der Waals surface area contributed by atoms with E-state index in [1.807, 2.05) is 12.1 Å². The Morgan fingerprint density at radius 1 is 1.22 bits per heavy atom. The first-order valence-corrected chi connectivity index (χ1v) is 7.67. The molecule has 2 rings (SSSR count). The average Bonchev–Trinajstić information content (AvgIpc) is 2.61. The zero-order valence-corrected chi connectivity index (χ0v) is 12.3. The molecule has 3 heteroatoms. The maximum absolute atomic E-state index is 14.0. The largest absolute Gasteiger partial charge is 0.324 e. The fraction of sp³-hybridized carbons (Fsp3) is 0.600. The van der Waals surface area contributed by atoms with Gasteiger partial charge in [0.15, 0.2) is 0 Å². The fourth-order valence-corrected chi connectivity index (χ4v) is 3.27. The van der Waals surface area contributed by atoms with E-state index in [4.69, 9.17) is 5.73 Å². The lowest BCUT2D eigenvalue weighted by atomic mass is 9.90. The number of hydrogen-bond acceptors (Lipinski definition) is 1. The minimum atomic E-state index is -0.196. The third-order valence-electron chi connectivity index (χ3n) is 3.94. The second-order valence-electron chi connectivity index (χ2n) is 5.34. The van der Waals surface area contributed by atoms with Gasteiger partial charge in [-0.2, -0.15) is 0 Å². The quantitative estimate of drug-likeness (QED) is 0.785. The van der Waals surface area contributed by atoms with Crippen LogP contribution in [0.4, 0.5) is 4.39 Å². The molecule has 1 nitrogen and oxygen atoms in total. The van der Waals surface area contributed by atoms with E-state index in [0.29, 0.717) is 16.0 Å². The van der Waals surface area contributed by atoms with Gasteiger partial charge in [-0.1, -0.05) is 50.7 Å². The predicted octanol–water partition coefficient (Wildman–Crippen LogP) is 4.95. The smallest absolute Gasteiger partial charge is 0.142 e. The van der Waals surface area contributed by atoms with Gasteiger partial charge >= 0.3 is 0 Å². The molecule has 0 aromatic heterocycles. The molecule has 1 aliphatic carbocycles. The Balaban J connectivity index is 2.02. The Morgan fingerprint density at radius 3 is 2.56 bits per heavy atom. The van der Waals surface area contributed by atoms with Crippen molar-refractivity contribution >= 4 is 15.9 Å². The summed E-state index contributed by atoms with van der Waals surface area (Å²) in [6.45, 7) is 0. The number of rotatable bonds is 3. The van der Waals surface area contributed by atoms with E-state index >= 15 is 0 Å². The zero-order valence-electron chi connectivity index (χ0n) is 10.7. The molecule has 1 aromatic rings. The molecule has 0 amide bonds. The van der Waals surface area contributed by atoms with Gasteiger partial charge in [0.05, 0.1) is 4.47 Å². The van der Waals surface area contributed by atoms with Crippen LogP contribution in [0, 0.1) is 11.7 Å². The molecule has 2 N–H and O–H groups in total. The van der Waals surface area contributed by atoms with Crippen molar-refractivity contribution < 1.29 is 4.39 Å². The highest BCUT2D eigenvalue weighted by Gasteiger charge is 2.19. The van der Waals surface area contributed by atoms with E-state index in [1.54, 1.807) is 6.07 Å². The summed E-state index contributed by atoms with van der Waals surface area (Å²) in [4.78, 5) is 0. The highest BCUT2D eigenvalue weighted by Crippen LogP contribution is 2.32. The van der Waals surface area contributed by atoms with E-state index < -0.39 is 0 Å².